The highest BCUT2D eigenvalue weighted by atomic mass is 16.6. The second kappa shape index (κ2) is 9.63. The molecule has 7 nitrogen and oxygen atoms in total. The highest BCUT2D eigenvalue weighted by molar-refractivity contribution is 5.66. The van der Waals surface area contributed by atoms with Crippen LogP contribution in [-0.4, -0.2) is 31.1 Å². The van der Waals surface area contributed by atoms with Gasteiger partial charge in [-0.3, -0.25) is 0 Å². The Morgan fingerprint density at radius 3 is 2.93 bits per heavy atom. The van der Waals surface area contributed by atoms with Crippen LogP contribution in [0.5, 0.6) is 0 Å². The second-order valence-corrected chi connectivity index (χ2v) is 2.50. The maximum atomic E-state index is 10.8. The van der Waals surface area contributed by atoms with E-state index in [4.69, 9.17) is 10.6 Å². The molecule has 0 heterocycles. The van der Waals surface area contributed by atoms with E-state index >= 15 is 0 Å². The Morgan fingerprint density at radius 1 is 1.50 bits per heavy atom. The fourth-order valence-corrected chi connectivity index (χ4v) is 0.768. The van der Waals surface area contributed by atoms with Crippen molar-refractivity contribution in [1.29, 1.82) is 0 Å². The van der Waals surface area contributed by atoms with Gasteiger partial charge in [0.2, 0.25) is 0 Å². The molecule has 0 atom stereocenters. The normalized spacial score (nSPS) is 8.93. The van der Waals surface area contributed by atoms with Gasteiger partial charge in [0.25, 0.3) is 0 Å². The molecular formula is C7H14N4O3. The van der Waals surface area contributed by atoms with Crippen LogP contribution in [0.15, 0.2) is 5.11 Å². The van der Waals surface area contributed by atoms with Crippen LogP contribution in [0.3, 0.4) is 0 Å². The maximum absolute atomic E-state index is 10.8. The van der Waals surface area contributed by atoms with Gasteiger partial charge < -0.3 is 15.2 Å². The largest absolute Gasteiger partial charge is 0.443 e. The fourth-order valence-electron chi connectivity index (χ4n) is 0.768. The van der Waals surface area contributed by atoms with E-state index in [2.05, 4.69) is 20.1 Å². The number of hydrogen-bond acceptors (Lipinski definition) is 4. The van der Waals surface area contributed by atoms with Gasteiger partial charge in [-0.2, -0.15) is 0 Å². The van der Waals surface area contributed by atoms with Crippen molar-refractivity contribution in [2.75, 3.05) is 19.9 Å². The molecule has 7 heteroatoms. The number of nitrogens with one attached hydrogen (secondary N) is 1. The van der Waals surface area contributed by atoms with Gasteiger partial charge in [0.15, 0.2) is 6.73 Å². The lowest BCUT2D eigenvalue weighted by Gasteiger charge is -2.03. The summed E-state index contributed by atoms with van der Waals surface area (Å²) in [6.07, 6.45) is 1.78. The van der Waals surface area contributed by atoms with E-state index < -0.39 is 6.09 Å². The lowest BCUT2D eigenvalue weighted by atomic mass is 10.2. The van der Waals surface area contributed by atoms with Gasteiger partial charge in [-0.25, -0.2) is 4.79 Å². The molecule has 0 aromatic heterocycles. The molecule has 0 bridgehead atoms. The number of amides is 1. The number of hydrogen-bond donors (Lipinski definition) is 2. The minimum absolute atomic E-state index is 0.168. The predicted molar refractivity (Wildman–Crippen MR) is 49.4 cm³/mol. The lowest BCUT2D eigenvalue weighted by Crippen LogP contribution is -2.25. The first-order chi connectivity index (χ1) is 6.81. The molecule has 0 saturated heterocycles. The molecule has 14 heavy (non-hydrogen) atoms. The van der Waals surface area contributed by atoms with Crippen molar-refractivity contribution in [3.8, 4) is 0 Å². The molecule has 80 valence electrons. The van der Waals surface area contributed by atoms with Crippen molar-refractivity contribution in [3.05, 3.63) is 10.4 Å². The molecular weight excluding hydrogens is 188 g/mol. The Kier molecular flexibility index (Phi) is 8.62. The Balaban J connectivity index is 3.22. The maximum Gasteiger partial charge on any atom is 0.407 e. The molecule has 0 aliphatic heterocycles. The van der Waals surface area contributed by atoms with E-state index in [9.17, 15) is 4.79 Å². The third-order valence-corrected chi connectivity index (χ3v) is 1.42. The average molecular weight is 202 g/mol. The molecule has 0 unspecified atom stereocenters. The van der Waals surface area contributed by atoms with Crippen molar-refractivity contribution in [1.82, 2.24) is 5.32 Å². The molecule has 0 saturated carbocycles. The van der Waals surface area contributed by atoms with E-state index in [1.54, 1.807) is 0 Å². The molecule has 0 spiro atoms. The summed E-state index contributed by atoms with van der Waals surface area (Å²) in [5, 5.41) is 14.0. The van der Waals surface area contributed by atoms with Crippen LogP contribution < -0.4 is 5.32 Å². The number of carbonyl (C=O) groups is 1. The minimum atomic E-state index is -0.596. The lowest BCUT2D eigenvalue weighted by molar-refractivity contribution is 0.149. The average Bonchev–Trinajstić information content (AvgIpc) is 2.18. The summed E-state index contributed by atoms with van der Waals surface area (Å²) in [4.78, 5) is 13.2. The zero-order valence-electron chi connectivity index (χ0n) is 7.85. The van der Waals surface area contributed by atoms with Crippen LogP contribution in [-0.2, 0) is 4.74 Å². The van der Waals surface area contributed by atoms with Crippen LogP contribution in [0.1, 0.15) is 19.3 Å². The number of rotatable bonds is 7. The van der Waals surface area contributed by atoms with Crippen molar-refractivity contribution in [2.24, 2.45) is 5.11 Å². The van der Waals surface area contributed by atoms with Gasteiger partial charge in [-0.15, -0.1) is 0 Å². The molecule has 0 aliphatic rings. The van der Waals surface area contributed by atoms with Gasteiger partial charge in [0.1, 0.15) is 0 Å². The zero-order chi connectivity index (χ0) is 10.6. The first kappa shape index (κ1) is 12.5. The molecule has 0 fully saturated rings. The summed E-state index contributed by atoms with van der Waals surface area (Å²) >= 11 is 0. The number of aliphatic hydroxyl groups is 1. The third-order valence-electron chi connectivity index (χ3n) is 1.42. The van der Waals surface area contributed by atoms with E-state index in [-0.39, 0.29) is 13.3 Å². The molecule has 2 N–H and O–H groups in total. The van der Waals surface area contributed by atoms with Gasteiger partial charge >= 0.3 is 6.09 Å². The Bertz CT molecular complexity index is 203. The van der Waals surface area contributed by atoms with E-state index in [0.717, 1.165) is 19.3 Å². The number of ether oxygens (including phenoxy) is 1. The Labute approximate surface area is 81.7 Å². The molecule has 0 aromatic rings. The molecule has 0 rings (SSSR count). The molecule has 1 amide bonds. The highest BCUT2D eigenvalue weighted by Gasteiger charge is 1.98. The molecule has 0 aromatic carbocycles. The van der Waals surface area contributed by atoms with Crippen molar-refractivity contribution >= 4 is 6.09 Å². The highest BCUT2D eigenvalue weighted by Crippen LogP contribution is 1.92. The SMILES string of the molecule is [N-]=[N+]=NCOC(=O)NCCCCCO. The van der Waals surface area contributed by atoms with Gasteiger partial charge in [-0.1, -0.05) is 5.11 Å². The van der Waals surface area contributed by atoms with Gasteiger partial charge in [-0.05, 0) is 24.8 Å². The van der Waals surface area contributed by atoms with Gasteiger partial charge in [0.05, 0.1) is 0 Å². The quantitative estimate of drug-likeness (QED) is 0.279. The van der Waals surface area contributed by atoms with E-state index in [1.807, 2.05) is 0 Å². The first-order valence-corrected chi connectivity index (χ1v) is 4.33. The molecule has 0 aliphatic carbocycles. The summed E-state index contributed by atoms with van der Waals surface area (Å²) in [5.74, 6) is 0. The number of alkyl carbamates (subject to hydrolysis) is 1. The topological polar surface area (TPSA) is 107 Å². The standard InChI is InChI=1S/C7H14N4O3/c8-11-10-6-14-7(13)9-4-2-1-3-5-12/h12H,1-6H2,(H,9,13). The third kappa shape index (κ3) is 8.63. The van der Waals surface area contributed by atoms with Crippen LogP contribution in [0, 0.1) is 0 Å². The number of carbonyl (C=O) groups excluding carboxylic acids is 1. The van der Waals surface area contributed by atoms with Crippen molar-refractivity contribution < 1.29 is 14.6 Å². The smallest absolute Gasteiger partial charge is 0.407 e. The van der Waals surface area contributed by atoms with Crippen LogP contribution >= 0.6 is 0 Å². The Hall–Kier alpha value is -1.46. The van der Waals surface area contributed by atoms with Crippen LogP contribution in [0.25, 0.3) is 10.4 Å². The van der Waals surface area contributed by atoms with Crippen molar-refractivity contribution in [3.63, 3.8) is 0 Å². The predicted octanol–water partition coefficient (Wildman–Crippen LogP) is 1.14. The van der Waals surface area contributed by atoms with Crippen molar-refractivity contribution in [2.45, 2.75) is 19.3 Å². The van der Waals surface area contributed by atoms with E-state index in [0.29, 0.717) is 6.54 Å². The molecule has 0 radical (unpaired) electrons. The monoisotopic (exact) mass is 202 g/mol. The van der Waals surface area contributed by atoms with Crippen LogP contribution in [0.4, 0.5) is 4.79 Å². The Morgan fingerprint density at radius 2 is 2.29 bits per heavy atom. The number of azide groups is 1. The summed E-state index contributed by atoms with van der Waals surface area (Å²) in [5.41, 5.74) is 7.88. The first-order valence-electron chi connectivity index (χ1n) is 4.33. The number of nitrogens with zero attached hydrogens (tertiary/aromatic N) is 3. The zero-order valence-corrected chi connectivity index (χ0v) is 7.85. The fraction of sp³-hybridized carbons (Fsp3) is 0.857. The summed E-state index contributed by atoms with van der Waals surface area (Å²) < 4.78 is 4.47. The second-order valence-electron chi connectivity index (χ2n) is 2.50. The summed E-state index contributed by atoms with van der Waals surface area (Å²) in [6, 6.07) is 0. The van der Waals surface area contributed by atoms with Crippen LogP contribution in [0.2, 0.25) is 0 Å². The van der Waals surface area contributed by atoms with Gasteiger partial charge in [0, 0.05) is 18.1 Å². The number of unbranched alkanes of at least 4 members (excludes halogenated alkanes) is 2. The summed E-state index contributed by atoms with van der Waals surface area (Å²) in [7, 11) is 0. The number of aliphatic hydroxyl groups excluding tert-OH is 1. The minimum Gasteiger partial charge on any atom is -0.443 e. The van der Waals surface area contributed by atoms with E-state index in [1.165, 1.54) is 0 Å². The summed E-state index contributed by atoms with van der Waals surface area (Å²) in [6.45, 7) is 0.370.